The predicted molar refractivity (Wildman–Crippen MR) is 63.5 cm³/mol. The largest absolute Gasteiger partial charge is 0.309 e. The molecule has 1 aromatic heterocycles. The first-order valence-corrected chi connectivity index (χ1v) is 5.79. The first kappa shape index (κ1) is 11.4. The van der Waals surface area contributed by atoms with Crippen LogP contribution in [0, 0.1) is 0 Å². The lowest BCUT2D eigenvalue weighted by Gasteiger charge is -2.22. The molecule has 4 nitrogen and oxygen atoms in total. The van der Waals surface area contributed by atoms with Crippen molar-refractivity contribution in [3.8, 4) is 0 Å². The van der Waals surface area contributed by atoms with Crippen LogP contribution in [0.3, 0.4) is 0 Å². The molecule has 0 spiro atoms. The van der Waals surface area contributed by atoms with Crippen molar-refractivity contribution in [1.82, 2.24) is 10.3 Å². The number of anilines is 1. The number of rotatable bonds is 2. The topological polar surface area (TPSA) is 54.0 Å². The van der Waals surface area contributed by atoms with Gasteiger partial charge in [0.25, 0.3) is 0 Å². The minimum atomic E-state index is -0.102. The van der Waals surface area contributed by atoms with Gasteiger partial charge in [0.15, 0.2) is 0 Å². The van der Waals surface area contributed by atoms with Crippen LogP contribution in [0.1, 0.15) is 19.3 Å². The van der Waals surface area contributed by atoms with Gasteiger partial charge in [0.2, 0.25) is 5.91 Å². The summed E-state index contributed by atoms with van der Waals surface area (Å²) in [5.41, 5.74) is 0. The molecule has 2 N–H and O–H groups in total. The number of amides is 1. The summed E-state index contributed by atoms with van der Waals surface area (Å²) in [6.45, 7) is 0.904. The molecule has 1 aliphatic heterocycles. The van der Waals surface area contributed by atoms with E-state index in [0.717, 1.165) is 25.8 Å². The lowest BCUT2D eigenvalue weighted by atomic mass is 10.0. The monoisotopic (exact) mass is 239 g/mol. The first-order chi connectivity index (χ1) is 7.75. The summed E-state index contributed by atoms with van der Waals surface area (Å²) in [5.74, 6) is 0.472. The van der Waals surface area contributed by atoms with Gasteiger partial charge < -0.3 is 10.6 Å². The number of carbonyl (C=O) groups excluding carboxylic acids is 1. The third-order valence-corrected chi connectivity index (χ3v) is 2.84. The highest BCUT2D eigenvalue weighted by Crippen LogP contribution is 2.13. The van der Waals surface area contributed by atoms with Crippen molar-refractivity contribution in [2.75, 3.05) is 11.9 Å². The van der Waals surface area contributed by atoms with Crippen molar-refractivity contribution < 1.29 is 4.79 Å². The molecule has 0 radical (unpaired) electrons. The number of nitrogens with one attached hydrogen (secondary N) is 2. The van der Waals surface area contributed by atoms with E-state index in [1.165, 1.54) is 0 Å². The van der Waals surface area contributed by atoms with Gasteiger partial charge in [0.05, 0.1) is 6.04 Å². The van der Waals surface area contributed by atoms with Gasteiger partial charge in [0.1, 0.15) is 5.82 Å². The molecule has 86 valence electrons. The van der Waals surface area contributed by atoms with Gasteiger partial charge in [-0.25, -0.2) is 4.98 Å². The van der Waals surface area contributed by atoms with E-state index in [1.54, 1.807) is 18.3 Å². The maximum absolute atomic E-state index is 11.8. The molecule has 16 heavy (non-hydrogen) atoms. The zero-order valence-corrected chi connectivity index (χ0v) is 9.63. The van der Waals surface area contributed by atoms with Gasteiger partial charge in [-0.05, 0) is 31.5 Å². The van der Waals surface area contributed by atoms with Crippen LogP contribution >= 0.6 is 11.6 Å². The second-order valence-electron chi connectivity index (χ2n) is 3.85. The number of carbonyl (C=O) groups is 1. The number of hydrogen-bond acceptors (Lipinski definition) is 3. The molecule has 0 aromatic carbocycles. The Morgan fingerprint density at radius 1 is 1.56 bits per heavy atom. The zero-order valence-electron chi connectivity index (χ0n) is 8.87. The minimum Gasteiger partial charge on any atom is -0.309 e. The van der Waals surface area contributed by atoms with E-state index in [-0.39, 0.29) is 11.9 Å². The van der Waals surface area contributed by atoms with Crippen LogP contribution < -0.4 is 10.6 Å². The second-order valence-corrected chi connectivity index (χ2v) is 4.29. The standard InChI is InChI=1S/C11H14ClN3O/c12-8-4-6-14-10(7-8)15-11(16)9-3-1-2-5-13-9/h4,6-7,9,13H,1-3,5H2,(H,14,15,16)/t9-/m1/s1. The van der Waals surface area contributed by atoms with Gasteiger partial charge in [0, 0.05) is 11.2 Å². The van der Waals surface area contributed by atoms with Gasteiger partial charge in [-0.15, -0.1) is 0 Å². The Hall–Kier alpha value is -1.13. The van der Waals surface area contributed by atoms with Gasteiger partial charge in [-0.2, -0.15) is 0 Å². The molecule has 1 amide bonds. The molecule has 0 unspecified atom stereocenters. The summed E-state index contributed by atoms with van der Waals surface area (Å²) >= 11 is 5.81. The van der Waals surface area contributed by atoms with Crippen molar-refractivity contribution in [3.05, 3.63) is 23.4 Å². The highest BCUT2D eigenvalue weighted by Gasteiger charge is 2.20. The smallest absolute Gasteiger partial charge is 0.242 e. The molecule has 0 bridgehead atoms. The summed E-state index contributed by atoms with van der Waals surface area (Å²) in [6.07, 6.45) is 4.69. The molecule has 0 aliphatic carbocycles. The van der Waals surface area contributed by atoms with E-state index in [1.807, 2.05) is 0 Å². The quantitative estimate of drug-likeness (QED) is 0.828. The Balaban J connectivity index is 1.96. The van der Waals surface area contributed by atoms with Gasteiger partial charge in [-0.1, -0.05) is 18.0 Å². The average molecular weight is 240 g/mol. The normalized spacial score (nSPS) is 20.4. The Morgan fingerprint density at radius 3 is 3.12 bits per heavy atom. The van der Waals surface area contributed by atoms with Crippen LogP contribution in [0.4, 0.5) is 5.82 Å². The van der Waals surface area contributed by atoms with E-state index in [4.69, 9.17) is 11.6 Å². The van der Waals surface area contributed by atoms with E-state index < -0.39 is 0 Å². The third kappa shape index (κ3) is 2.93. The lowest BCUT2D eigenvalue weighted by molar-refractivity contribution is -0.118. The second kappa shape index (κ2) is 5.27. The molecule has 1 fully saturated rings. The number of aromatic nitrogens is 1. The molecular weight excluding hydrogens is 226 g/mol. The van der Waals surface area contributed by atoms with Crippen LogP contribution in [0.2, 0.25) is 5.02 Å². The Morgan fingerprint density at radius 2 is 2.44 bits per heavy atom. The highest BCUT2D eigenvalue weighted by atomic mass is 35.5. The van der Waals surface area contributed by atoms with Crippen molar-refractivity contribution in [2.45, 2.75) is 25.3 Å². The molecule has 1 atom stereocenters. The van der Waals surface area contributed by atoms with Crippen molar-refractivity contribution in [3.63, 3.8) is 0 Å². The summed E-state index contributed by atoms with van der Waals surface area (Å²) < 4.78 is 0. The number of hydrogen-bond donors (Lipinski definition) is 2. The number of pyridine rings is 1. The minimum absolute atomic E-state index is 0.0329. The van der Waals surface area contributed by atoms with Crippen LogP contribution in [-0.2, 0) is 4.79 Å². The number of halogens is 1. The summed E-state index contributed by atoms with van der Waals surface area (Å²) in [4.78, 5) is 15.9. The van der Waals surface area contributed by atoms with Crippen molar-refractivity contribution in [2.24, 2.45) is 0 Å². The molecule has 2 rings (SSSR count). The van der Waals surface area contributed by atoms with E-state index >= 15 is 0 Å². The fourth-order valence-corrected chi connectivity index (χ4v) is 1.92. The Kier molecular flexibility index (Phi) is 3.74. The average Bonchev–Trinajstić information content (AvgIpc) is 2.30. The molecule has 5 heteroatoms. The molecule has 1 aliphatic rings. The molecule has 0 saturated carbocycles. The zero-order chi connectivity index (χ0) is 11.4. The van der Waals surface area contributed by atoms with Crippen LogP contribution in [0.25, 0.3) is 0 Å². The Bertz CT molecular complexity index is 377. The number of piperidine rings is 1. The fourth-order valence-electron chi connectivity index (χ4n) is 1.76. The molecule has 1 saturated heterocycles. The van der Waals surface area contributed by atoms with Crippen molar-refractivity contribution in [1.29, 1.82) is 0 Å². The third-order valence-electron chi connectivity index (χ3n) is 2.60. The van der Waals surface area contributed by atoms with Gasteiger partial charge >= 0.3 is 0 Å². The molecular formula is C11H14ClN3O. The van der Waals surface area contributed by atoms with Crippen LogP contribution in [0.15, 0.2) is 18.3 Å². The van der Waals surface area contributed by atoms with E-state index in [0.29, 0.717) is 10.8 Å². The van der Waals surface area contributed by atoms with Crippen molar-refractivity contribution >= 4 is 23.3 Å². The first-order valence-electron chi connectivity index (χ1n) is 5.41. The summed E-state index contributed by atoms with van der Waals surface area (Å²) in [6, 6.07) is 3.22. The van der Waals surface area contributed by atoms with Crippen LogP contribution in [-0.4, -0.2) is 23.5 Å². The predicted octanol–water partition coefficient (Wildman–Crippen LogP) is 1.82. The molecule has 1 aromatic rings. The Labute approximate surface area is 99.4 Å². The number of nitrogens with zero attached hydrogens (tertiary/aromatic N) is 1. The summed E-state index contributed by atoms with van der Waals surface area (Å²) in [5, 5.41) is 6.51. The van der Waals surface area contributed by atoms with E-state index in [9.17, 15) is 4.79 Å². The maximum Gasteiger partial charge on any atom is 0.242 e. The lowest BCUT2D eigenvalue weighted by Crippen LogP contribution is -2.43. The summed E-state index contributed by atoms with van der Waals surface area (Å²) in [7, 11) is 0. The van der Waals surface area contributed by atoms with E-state index in [2.05, 4.69) is 15.6 Å². The fraction of sp³-hybridized carbons (Fsp3) is 0.455. The van der Waals surface area contributed by atoms with Crippen LogP contribution in [0.5, 0.6) is 0 Å². The molecule has 2 heterocycles. The highest BCUT2D eigenvalue weighted by molar-refractivity contribution is 6.30. The maximum atomic E-state index is 11.8. The van der Waals surface area contributed by atoms with Gasteiger partial charge in [-0.3, -0.25) is 4.79 Å². The SMILES string of the molecule is O=C(Nc1cc(Cl)ccn1)[C@H]1CCCCN1.